The molecule has 0 unspecified atom stereocenters. The summed E-state index contributed by atoms with van der Waals surface area (Å²) in [5.41, 5.74) is 0. The Kier molecular flexibility index (Phi) is 29.3. The fourth-order valence-corrected chi connectivity index (χ4v) is 4.88. The average Bonchev–Trinajstić information content (AvgIpc) is 2.89. The van der Waals surface area contributed by atoms with Gasteiger partial charge >= 0.3 is 0 Å². The average molecular weight is 512 g/mol. The molecule has 6 heteroatoms. The molecule has 0 aromatic rings. The highest BCUT2D eigenvalue weighted by Crippen LogP contribution is 2.12. The predicted molar refractivity (Wildman–Crippen MR) is 156 cm³/mol. The summed E-state index contributed by atoms with van der Waals surface area (Å²) in [5.74, 6) is 0. The lowest BCUT2D eigenvalue weighted by molar-refractivity contribution is -0.690. The number of hydrogen-bond acceptors (Lipinski definition) is 4. The summed E-state index contributed by atoms with van der Waals surface area (Å²) in [6, 6.07) is 0. The van der Waals surface area contributed by atoms with Crippen LogP contribution in [0.4, 0.5) is 0 Å². The first-order chi connectivity index (χ1) is 17.8. The van der Waals surface area contributed by atoms with E-state index in [9.17, 15) is 10.4 Å². The van der Waals surface area contributed by atoms with Gasteiger partial charge in [0.1, 0.15) is 0 Å². The van der Waals surface area contributed by atoms with Crippen LogP contribution in [0.15, 0.2) is 5.28 Å². The minimum atomic E-state index is 0.266. The molecule has 1 N–H and O–H groups in total. The molecule has 36 heavy (non-hydrogen) atoms. The van der Waals surface area contributed by atoms with Gasteiger partial charge in [-0.05, 0) is 44.1 Å². The fourth-order valence-electron chi connectivity index (χ4n) is 4.88. The Morgan fingerprint density at radius 1 is 0.500 bits per heavy atom. The summed E-state index contributed by atoms with van der Waals surface area (Å²) < 4.78 is 0. The van der Waals surface area contributed by atoms with Crippen molar-refractivity contribution in [3.8, 4) is 0 Å². The summed E-state index contributed by atoms with van der Waals surface area (Å²) in [4.78, 5) is 0.266. The van der Waals surface area contributed by atoms with E-state index in [1.807, 2.05) is 0 Å². The molecule has 0 saturated heterocycles. The molecule has 0 bridgehead atoms. The number of unbranched alkanes of at least 4 members (excludes halogenated alkanes) is 21. The normalized spacial score (nSPS) is 11.9. The molecule has 0 saturated carbocycles. The molecule has 0 aromatic carbocycles. The molecule has 0 aliphatic heterocycles. The zero-order valence-electron chi connectivity index (χ0n) is 24.5. The Morgan fingerprint density at radius 3 is 1.14 bits per heavy atom. The van der Waals surface area contributed by atoms with E-state index in [-0.39, 0.29) is 4.97 Å². The van der Waals surface area contributed by atoms with Crippen molar-refractivity contribution in [1.29, 1.82) is 0 Å². The second-order valence-corrected chi connectivity index (χ2v) is 10.8. The largest absolute Gasteiger partial charge is 0.737 e. The van der Waals surface area contributed by atoms with Crippen molar-refractivity contribution in [2.45, 2.75) is 168 Å². The van der Waals surface area contributed by atoms with Gasteiger partial charge in [-0.15, -0.1) is 5.01 Å². The summed E-state index contributed by atoms with van der Waals surface area (Å²) >= 11 is 0. The van der Waals surface area contributed by atoms with Gasteiger partial charge in [0.2, 0.25) is 0 Å². The lowest BCUT2D eigenvalue weighted by Gasteiger charge is -2.19. The third kappa shape index (κ3) is 26.0. The standard InChI is InChI=1S/C30H64N4O2/c1-3-5-7-9-11-13-15-17-19-23-27-31-28-24-20-22-26-30-33(34(36)32-35)29-25-21-18-16-14-12-10-8-6-4-2/h31,35H,3-30H2,1-2H3/p-1/b34-32-. The van der Waals surface area contributed by atoms with Crippen LogP contribution < -0.4 is 5.32 Å². The van der Waals surface area contributed by atoms with Crippen molar-refractivity contribution in [3.63, 3.8) is 0 Å². The van der Waals surface area contributed by atoms with Gasteiger partial charge in [0.15, 0.2) is 0 Å². The van der Waals surface area contributed by atoms with Crippen molar-refractivity contribution < 1.29 is 4.97 Å². The first-order valence-electron chi connectivity index (χ1n) is 16.0. The predicted octanol–water partition coefficient (Wildman–Crippen LogP) is 9.66. The Morgan fingerprint density at radius 2 is 0.806 bits per heavy atom. The minimum absolute atomic E-state index is 0.266. The van der Waals surface area contributed by atoms with Crippen molar-refractivity contribution in [1.82, 2.24) is 10.3 Å². The number of hydrogen-bond donors (Lipinski definition) is 1. The monoisotopic (exact) mass is 511 g/mol. The molecule has 0 aromatic heterocycles. The number of nitrogens with zero attached hydrogens (tertiary/aromatic N) is 3. The molecule has 0 heterocycles. The summed E-state index contributed by atoms with van der Waals surface area (Å²) in [5, 5.41) is 30.2. The van der Waals surface area contributed by atoms with E-state index in [1.165, 1.54) is 128 Å². The third-order valence-electron chi connectivity index (χ3n) is 7.31. The van der Waals surface area contributed by atoms with Crippen LogP contribution in [0, 0.1) is 10.4 Å². The lowest BCUT2D eigenvalue weighted by atomic mass is 10.1. The smallest absolute Gasteiger partial charge is 0.0767 e. The van der Waals surface area contributed by atoms with Crippen LogP contribution in [0.5, 0.6) is 0 Å². The van der Waals surface area contributed by atoms with Crippen LogP contribution >= 0.6 is 0 Å². The number of hydrazine groups is 1. The molecule has 0 radical (unpaired) electrons. The zero-order chi connectivity index (χ0) is 26.4. The minimum Gasteiger partial charge on any atom is -0.737 e. The second-order valence-electron chi connectivity index (χ2n) is 10.8. The van der Waals surface area contributed by atoms with Gasteiger partial charge in [-0.2, -0.15) is 0 Å². The van der Waals surface area contributed by atoms with Gasteiger partial charge in [0.25, 0.3) is 0 Å². The molecule has 216 valence electrons. The maximum absolute atomic E-state index is 11.8. The van der Waals surface area contributed by atoms with Gasteiger partial charge in [-0.3, -0.25) is 0 Å². The van der Waals surface area contributed by atoms with E-state index in [0.717, 1.165) is 38.8 Å². The summed E-state index contributed by atoms with van der Waals surface area (Å²) in [6.07, 6.45) is 31.0. The van der Waals surface area contributed by atoms with E-state index in [2.05, 4.69) is 24.4 Å². The lowest BCUT2D eigenvalue weighted by Crippen LogP contribution is -2.32. The molecule has 0 spiro atoms. The number of nitrogens with one attached hydrogen (secondary N) is 1. The first-order valence-corrected chi connectivity index (χ1v) is 16.0. The van der Waals surface area contributed by atoms with E-state index in [4.69, 9.17) is 0 Å². The third-order valence-corrected chi connectivity index (χ3v) is 7.31. The second kappa shape index (κ2) is 30.2. The van der Waals surface area contributed by atoms with Gasteiger partial charge in [0.05, 0.1) is 13.1 Å². The molecule has 6 nitrogen and oxygen atoms in total. The Hall–Kier alpha value is -1.04. The van der Waals surface area contributed by atoms with Crippen LogP contribution in [-0.2, 0) is 0 Å². The van der Waals surface area contributed by atoms with Crippen molar-refractivity contribution >= 4 is 0 Å². The molecule has 0 aliphatic rings. The van der Waals surface area contributed by atoms with E-state index in [1.54, 1.807) is 5.01 Å². The highest BCUT2D eigenvalue weighted by atomic mass is 16.6. The van der Waals surface area contributed by atoms with Gasteiger partial charge < -0.3 is 15.7 Å². The highest BCUT2D eigenvalue weighted by molar-refractivity contribution is 4.55. The van der Waals surface area contributed by atoms with E-state index < -0.39 is 0 Å². The van der Waals surface area contributed by atoms with Gasteiger partial charge in [-0.1, -0.05) is 142 Å². The van der Waals surface area contributed by atoms with Crippen molar-refractivity contribution in [3.05, 3.63) is 10.4 Å². The van der Waals surface area contributed by atoms with Crippen molar-refractivity contribution in [2.75, 3.05) is 26.2 Å². The van der Waals surface area contributed by atoms with Crippen LogP contribution in [0.1, 0.15) is 168 Å². The maximum Gasteiger partial charge on any atom is 0.0767 e. The Balaban J connectivity index is 3.49. The summed E-state index contributed by atoms with van der Waals surface area (Å²) in [7, 11) is 0. The highest BCUT2D eigenvalue weighted by Gasteiger charge is 2.10. The van der Waals surface area contributed by atoms with E-state index >= 15 is 0 Å². The molecule has 0 fully saturated rings. The Bertz CT molecular complexity index is 449. The molecule has 0 amide bonds. The van der Waals surface area contributed by atoms with Crippen LogP contribution in [0.2, 0.25) is 0 Å². The molecular formula is C30H63N4O2-. The first kappa shape index (κ1) is 35.0. The topological polar surface area (TPSA) is 76.8 Å². The quantitative estimate of drug-likeness (QED) is 0.0450. The van der Waals surface area contributed by atoms with E-state index in [0.29, 0.717) is 13.1 Å². The van der Waals surface area contributed by atoms with Crippen LogP contribution in [-0.4, -0.2) is 36.2 Å². The van der Waals surface area contributed by atoms with Crippen LogP contribution in [0.3, 0.4) is 0 Å². The molecule has 0 rings (SSSR count). The van der Waals surface area contributed by atoms with Gasteiger partial charge in [0, 0.05) is 4.97 Å². The zero-order valence-corrected chi connectivity index (χ0v) is 24.5. The Labute approximate surface area is 225 Å². The van der Waals surface area contributed by atoms with Gasteiger partial charge in [-0.25, -0.2) is 0 Å². The molecule has 0 aliphatic carbocycles. The number of rotatable bonds is 30. The SMILES string of the molecule is CCCCCCCCCCCCNCCCCCCN(CCCCCCCCCCCC)/[N+]([O-])=N/[O-]. The van der Waals surface area contributed by atoms with Crippen LogP contribution in [0.25, 0.3) is 0 Å². The fraction of sp³-hybridized carbons (Fsp3) is 1.00. The van der Waals surface area contributed by atoms with Crippen molar-refractivity contribution in [2.24, 2.45) is 5.28 Å². The summed E-state index contributed by atoms with van der Waals surface area (Å²) in [6.45, 7) is 8.04. The maximum atomic E-state index is 11.8. The molecule has 0 atom stereocenters. The molecular weight excluding hydrogens is 448 g/mol.